The number of hydrogen-bond donors (Lipinski definition) is 0. The van der Waals surface area contributed by atoms with Crippen molar-refractivity contribution in [2.45, 2.75) is 12.8 Å². The first-order valence-electron chi connectivity index (χ1n) is 2.29. The summed E-state index contributed by atoms with van der Waals surface area (Å²) in [4.78, 5) is 5.19. The van der Waals surface area contributed by atoms with E-state index in [0.29, 0.717) is 5.88 Å². The molecule has 1 rings (SSSR count). The third-order valence-corrected chi connectivity index (χ3v) is 2.33. The van der Waals surface area contributed by atoms with Crippen LogP contribution in [0.4, 0.5) is 0 Å². The Balaban J connectivity index is 0.000000640. The van der Waals surface area contributed by atoms with Gasteiger partial charge < -0.3 is 0 Å². The van der Waals surface area contributed by atoms with E-state index in [1.807, 2.05) is 12.4 Å². The molecule has 0 aromatic carbocycles. The summed E-state index contributed by atoms with van der Waals surface area (Å²) in [7, 11) is 0. The van der Waals surface area contributed by atoms with Crippen LogP contribution >= 0.6 is 35.3 Å². The number of nitrogens with zero attached hydrogens (tertiary/aromatic N) is 1. The van der Waals surface area contributed by atoms with Crippen LogP contribution in [-0.4, -0.2) is 4.98 Å². The fraction of sp³-hybridized carbons (Fsp3) is 0.400. The molecular formula is C5H7Cl2NS. The molecule has 9 heavy (non-hydrogen) atoms. The highest BCUT2D eigenvalue weighted by Crippen LogP contribution is 2.13. The van der Waals surface area contributed by atoms with Crippen molar-refractivity contribution in [3.05, 3.63) is 16.1 Å². The Labute approximate surface area is 69.5 Å². The number of alkyl halides is 1. The maximum absolute atomic E-state index is 5.54. The summed E-state index contributed by atoms with van der Waals surface area (Å²) in [6, 6.07) is 0. The van der Waals surface area contributed by atoms with Gasteiger partial charge in [-0.2, -0.15) is 0 Å². The third-order valence-electron chi connectivity index (χ3n) is 0.966. The molecule has 52 valence electrons. The van der Waals surface area contributed by atoms with Gasteiger partial charge in [0.05, 0.1) is 17.1 Å². The van der Waals surface area contributed by atoms with Crippen molar-refractivity contribution in [1.82, 2.24) is 4.98 Å². The largest absolute Gasteiger partial charge is 0.250 e. The Bertz CT molecular complexity index is 175. The van der Waals surface area contributed by atoms with Crippen molar-refractivity contribution in [3.8, 4) is 0 Å². The minimum absolute atomic E-state index is 0. The van der Waals surface area contributed by atoms with E-state index in [9.17, 15) is 0 Å². The fourth-order valence-electron chi connectivity index (χ4n) is 0.454. The first kappa shape index (κ1) is 9.21. The van der Waals surface area contributed by atoms with E-state index in [1.54, 1.807) is 11.3 Å². The molecule has 0 aliphatic heterocycles. The molecule has 0 fully saturated rings. The highest BCUT2D eigenvalue weighted by Gasteiger charge is 1.95. The van der Waals surface area contributed by atoms with E-state index in [4.69, 9.17) is 11.6 Å². The lowest BCUT2D eigenvalue weighted by atomic mass is 10.4. The van der Waals surface area contributed by atoms with E-state index < -0.39 is 0 Å². The second kappa shape index (κ2) is 4.09. The van der Waals surface area contributed by atoms with Gasteiger partial charge in [0.2, 0.25) is 0 Å². The summed E-state index contributed by atoms with van der Waals surface area (Å²) in [5.74, 6) is 0.594. The van der Waals surface area contributed by atoms with E-state index in [1.165, 1.54) is 4.88 Å². The van der Waals surface area contributed by atoms with Crippen molar-refractivity contribution in [1.29, 1.82) is 0 Å². The minimum Gasteiger partial charge on any atom is -0.250 e. The molecule has 0 N–H and O–H groups in total. The van der Waals surface area contributed by atoms with E-state index >= 15 is 0 Å². The first-order chi connectivity index (χ1) is 3.84. The van der Waals surface area contributed by atoms with E-state index in [-0.39, 0.29) is 12.4 Å². The molecule has 0 radical (unpaired) electrons. The predicted molar refractivity (Wildman–Crippen MR) is 43.7 cm³/mol. The molecule has 1 aromatic heterocycles. The van der Waals surface area contributed by atoms with Gasteiger partial charge in [0.15, 0.2) is 0 Å². The fourth-order valence-corrected chi connectivity index (χ4v) is 1.46. The van der Waals surface area contributed by atoms with Crippen molar-refractivity contribution in [2.24, 2.45) is 0 Å². The van der Waals surface area contributed by atoms with Crippen LogP contribution in [-0.2, 0) is 5.88 Å². The van der Waals surface area contributed by atoms with Crippen LogP contribution in [0.15, 0.2) is 5.51 Å². The van der Waals surface area contributed by atoms with Crippen LogP contribution in [0, 0.1) is 6.92 Å². The number of rotatable bonds is 1. The number of aryl methyl sites for hydroxylation is 1. The molecule has 0 aliphatic carbocycles. The predicted octanol–water partition coefficient (Wildman–Crippen LogP) is 2.61. The summed E-state index contributed by atoms with van der Waals surface area (Å²) in [5.41, 5.74) is 2.87. The summed E-state index contributed by atoms with van der Waals surface area (Å²) in [5, 5.41) is 0. The van der Waals surface area contributed by atoms with Crippen molar-refractivity contribution in [2.75, 3.05) is 0 Å². The van der Waals surface area contributed by atoms with E-state index in [0.717, 1.165) is 5.69 Å². The second-order valence-corrected chi connectivity index (χ2v) is 2.70. The third kappa shape index (κ3) is 2.12. The summed E-state index contributed by atoms with van der Waals surface area (Å²) < 4.78 is 0. The quantitative estimate of drug-likeness (QED) is 0.611. The SMILES string of the molecule is Cc1ncsc1CCl.Cl. The van der Waals surface area contributed by atoms with Gasteiger partial charge in [-0.25, -0.2) is 4.98 Å². The Kier molecular flexibility index (Phi) is 4.19. The van der Waals surface area contributed by atoms with Crippen molar-refractivity contribution >= 4 is 35.3 Å². The normalized spacial score (nSPS) is 8.67. The highest BCUT2D eigenvalue weighted by molar-refractivity contribution is 7.09. The van der Waals surface area contributed by atoms with Crippen LogP contribution in [0.5, 0.6) is 0 Å². The summed E-state index contributed by atoms with van der Waals surface area (Å²) >= 11 is 7.15. The molecule has 1 heterocycles. The van der Waals surface area contributed by atoms with Crippen LogP contribution in [0.2, 0.25) is 0 Å². The highest BCUT2D eigenvalue weighted by atomic mass is 35.5. The molecule has 1 nitrogen and oxygen atoms in total. The average Bonchev–Trinajstić information content (AvgIpc) is 2.14. The lowest BCUT2D eigenvalue weighted by Gasteiger charge is -1.84. The summed E-state index contributed by atoms with van der Waals surface area (Å²) in [6.45, 7) is 1.97. The van der Waals surface area contributed by atoms with Gasteiger partial charge in [-0.3, -0.25) is 0 Å². The second-order valence-electron chi connectivity index (χ2n) is 1.49. The van der Waals surface area contributed by atoms with Crippen molar-refractivity contribution in [3.63, 3.8) is 0 Å². The van der Waals surface area contributed by atoms with Gasteiger partial charge in [0.25, 0.3) is 0 Å². The van der Waals surface area contributed by atoms with Gasteiger partial charge in [-0.15, -0.1) is 35.3 Å². The molecule has 0 spiro atoms. The van der Waals surface area contributed by atoms with Crippen LogP contribution in [0.1, 0.15) is 10.6 Å². The molecule has 1 aromatic rings. The molecule has 0 saturated heterocycles. The van der Waals surface area contributed by atoms with Gasteiger partial charge >= 0.3 is 0 Å². The topological polar surface area (TPSA) is 12.9 Å². The average molecular weight is 184 g/mol. The molecule has 4 heteroatoms. The molecule has 0 saturated carbocycles. The molecule has 0 bridgehead atoms. The Morgan fingerprint density at radius 1 is 1.78 bits per heavy atom. The molecule has 0 unspecified atom stereocenters. The lowest BCUT2D eigenvalue weighted by molar-refractivity contribution is 1.22. The monoisotopic (exact) mass is 183 g/mol. The van der Waals surface area contributed by atoms with Gasteiger partial charge in [-0.1, -0.05) is 0 Å². The number of aromatic nitrogens is 1. The van der Waals surface area contributed by atoms with Crippen LogP contribution < -0.4 is 0 Å². The molecular weight excluding hydrogens is 177 g/mol. The molecule has 0 atom stereocenters. The standard InChI is InChI=1S/C5H6ClNS.ClH/c1-4-5(2-6)8-3-7-4;/h3H,2H2,1H3;1H. The minimum atomic E-state index is 0. The molecule has 0 amide bonds. The smallest absolute Gasteiger partial charge is 0.0798 e. The van der Waals surface area contributed by atoms with Crippen molar-refractivity contribution < 1.29 is 0 Å². The van der Waals surface area contributed by atoms with Crippen LogP contribution in [0.3, 0.4) is 0 Å². The van der Waals surface area contributed by atoms with Gasteiger partial charge in [0.1, 0.15) is 0 Å². The Hall–Kier alpha value is 0.210. The zero-order valence-corrected chi connectivity index (χ0v) is 7.32. The Morgan fingerprint density at radius 3 is 2.67 bits per heavy atom. The maximum Gasteiger partial charge on any atom is 0.0798 e. The number of hydrogen-bond acceptors (Lipinski definition) is 2. The van der Waals surface area contributed by atoms with Gasteiger partial charge in [0, 0.05) is 4.88 Å². The summed E-state index contributed by atoms with van der Waals surface area (Å²) in [6.07, 6.45) is 0. The molecule has 0 aliphatic rings. The maximum atomic E-state index is 5.54. The number of halogens is 2. The van der Waals surface area contributed by atoms with E-state index in [2.05, 4.69) is 4.98 Å². The Morgan fingerprint density at radius 2 is 2.44 bits per heavy atom. The zero-order chi connectivity index (χ0) is 5.98. The van der Waals surface area contributed by atoms with Crippen LogP contribution in [0.25, 0.3) is 0 Å². The number of thiazole rings is 1. The zero-order valence-electron chi connectivity index (χ0n) is 4.93. The van der Waals surface area contributed by atoms with Gasteiger partial charge in [-0.05, 0) is 6.92 Å². The lowest BCUT2D eigenvalue weighted by Crippen LogP contribution is -1.74. The first-order valence-corrected chi connectivity index (χ1v) is 3.71.